The SMILES string of the molecule is C=Cc1c(-c2cccc(-c3cc(-c4c5ccccc5c(-c5ccccc5)c5ccccc45)cc(-c4ccc5ccc6cccc7ccc4c5c67)c3)c2)cc2ccccc2c1C=C. The van der Waals surface area contributed by atoms with Crippen LogP contribution < -0.4 is 0 Å². The second-order valence-electron chi connectivity index (χ2n) is 16.4. The molecule has 288 valence electrons. The average Bonchev–Trinajstić information content (AvgIpc) is 3.34. The highest BCUT2D eigenvalue weighted by Crippen LogP contribution is 2.47. The van der Waals surface area contributed by atoms with Gasteiger partial charge in [-0.2, -0.15) is 0 Å². The molecule has 0 aliphatic heterocycles. The summed E-state index contributed by atoms with van der Waals surface area (Å²) in [5, 5.41) is 15.0. The van der Waals surface area contributed by atoms with Gasteiger partial charge in [-0.15, -0.1) is 0 Å². The van der Waals surface area contributed by atoms with Gasteiger partial charge >= 0.3 is 0 Å². The fourth-order valence-corrected chi connectivity index (χ4v) is 10.4. The zero-order valence-corrected chi connectivity index (χ0v) is 34.2. The van der Waals surface area contributed by atoms with E-state index in [0.717, 1.165) is 33.4 Å². The van der Waals surface area contributed by atoms with E-state index >= 15 is 0 Å². The van der Waals surface area contributed by atoms with Crippen LogP contribution in [0.2, 0.25) is 0 Å². The maximum Gasteiger partial charge on any atom is -0.00206 e. The normalized spacial score (nSPS) is 11.7. The molecule has 0 atom stereocenters. The predicted molar refractivity (Wildman–Crippen MR) is 270 cm³/mol. The lowest BCUT2D eigenvalue weighted by Crippen LogP contribution is -1.93. The summed E-state index contributed by atoms with van der Waals surface area (Å²) in [6.45, 7) is 8.52. The molecule has 0 bridgehead atoms. The topological polar surface area (TPSA) is 0 Å². The van der Waals surface area contributed by atoms with Gasteiger partial charge in [0.05, 0.1) is 0 Å². The smallest absolute Gasteiger partial charge is 0.00206 e. The van der Waals surface area contributed by atoms with E-state index in [9.17, 15) is 0 Å². The predicted octanol–water partition coefficient (Wildman–Crippen LogP) is 17.7. The maximum atomic E-state index is 4.29. The molecule has 0 heterocycles. The Labute approximate surface area is 361 Å². The summed E-state index contributed by atoms with van der Waals surface area (Å²) in [6.07, 6.45) is 3.95. The molecule has 0 N–H and O–H groups in total. The van der Waals surface area contributed by atoms with E-state index in [1.54, 1.807) is 0 Å². The third-order valence-electron chi connectivity index (χ3n) is 13.1. The van der Waals surface area contributed by atoms with Crippen molar-refractivity contribution in [3.05, 3.63) is 231 Å². The molecule has 12 aromatic carbocycles. The highest BCUT2D eigenvalue weighted by Gasteiger charge is 2.20. The molecule has 0 aromatic heterocycles. The lowest BCUT2D eigenvalue weighted by Gasteiger charge is -2.20. The van der Waals surface area contributed by atoms with Crippen molar-refractivity contribution in [1.29, 1.82) is 0 Å². The zero-order valence-electron chi connectivity index (χ0n) is 34.2. The van der Waals surface area contributed by atoms with Gasteiger partial charge < -0.3 is 0 Å². The number of benzene rings is 12. The molecular weight excluding hydrogens is 745 g/mol. The van der Waals surface area contributed by atoms with Gasteiger partial charge in [-0.05, 0) is 162 Å². The van der Waals surface area contributed by atoms with Crippen LogP contribution in [0, 0.1) is 0 Å². The van der Waals surface area contributed by atoms with Crippen LogP contribution in [-0.2, 0) is 0 Å². The molecule has 0 fully saturated rings. The minimum Gasteiger partial charge on any atom is -0.0984 e. The van der Waals surface area contributed by atoms with Crippen molar-refractivity contribution in [2.24, 2.45) is 0 Å². The molecule has 0 saturated heterocycles. The Bertz CT molecular complexity index is 3700. The van der Waals surface area contributed by atoms with E-state index in [-0.39, 0.29) is 0 Å². The van der Waals surface area contributed by atoms with Crippen molar-refractivity contribution in [3.8, 4) is 55.6 Å². The lowest BCUT2D eigenvalue weighted by atomic mass is 9.83. The summed E-state index contributed by atoms with van der Waals surface area (Å²) in [5.74, 6) is 0. The van der Waals surface area contributed by atoms with E-state index < -0.39 is 0 Å². The molecule has 0 amide bonds. The monoisotopic (exact) mass is 784 g/mol. The van der Waals surface area contributed by atoms with Crippen LogP contribution in [0.15, 0.2) is 219 Å². The van der Waals surface area contributed by atoms with Crippen molar-refractivity contribution >= 4 is 76.8 Å². The molecule has 0 radical (unpaired) electrons. The van der Waals surface area contributed by atoms with Crippen molar-refractivity contribution in [2.75, 3.05) is 0 Å². The highest BCUT2D eigenvalue weighted by atomic mass is 14.2. The summed E-state index contributed by atoms with van der Waals surface area (Å²) in [7, 11) is 0. The summed E-state index contributed by atoms with van der Waals surface area (Å²) in [4.78, 5) is 0. The van der Waals surface area contributed by atoms with Crippen molar-refractivity contribution in [1.82, 2.24) is 0 Å². The summed E-state index contributed by atoms with van der Waals surface area (Å²) < 4.78 is 0. The highest BCUT2D eigenvalue weighted by molar-refractivity contribution is 6.26. The molecule has 0 spiro atoms. The second kappa shape index (κ2) is 14.3. The van der Waals surface area contributed by atoms with Gasteiger partial charge in [0, 0.05) is 0 Å². The summed E-state index contributed by atoms with van der Waals surface area (Å²) in [6, 6.07) is 76.3. The van der Waals surface area contributed by atoms with E-state index in [0.29, 0.717) is 0 Å². The fourth-order valence-electron chi connectivity index (χ4n) is 10.4. The Morgan fingerprint density at radius 2 is 0.742 bits per heavy atom. The zero-order chi connectivity index (χ0) is 41.3. The number of hydrogen-bond acceptors (Lipinski definition) is 0. The van der Waals surface area contributed by atoms with Crippen molar-refractivity contribution < 1.29 is 0 Å². The molecule has 0 aliphatic rings. The second-order valence-corrected chi connectivity index (χ2v) is 16.4. The number of rotatable bonds is 7. The number of fused-ring (bicyclic) bond motifs is 3. The van der Waals surface area contributed by atoms with E-state index in [2.05, 4.69) is 219 Å². The summed E-state index contributed by atoms with van der Waals surface area (Å²) in [5.41, 5.74) is 14.1. The standard InChI is InChI=1S/C62H40/c1-3-49-50(4-2)58(38-45-18-8-9-23-51(45)49)44-22-15-21-43(34-44)46-35-47(52-32-30-42-29-28-40-19-14-20-41-31-33-57(52)62(42)59(40)41)37-48(36-46)61-55-26-12-10-24-53(55)60(39-16-6-5-7-17-39)54-25-11-13-27-56(54)61/h3-38H,1-2H2. The molecule has 12 rings (SSSR count). The molecule has 0 saturated carbocycles. The van der Waals surface area contributed by atoms with Crippen LogP contribution in [0.4, 0.5) is 0 Å². The van der Waals surface area contributed by atoms with Crippen LogP contribution in [-0.4, -0.2) is 0 Å². The first-order valence-corrected chi connectivity index (χ1v) is 21.4. The molecule has 12 aromatic rings. The van der Waals surface area contributed by atoms with Gasteiger partial charge in [-0.1, -0.05) is 201 Å². The van der Waals surface area contributed by atoms with Gasteiger partial charge in [0.2, 0.25) is 0 Å². The molecule has 62 heavy (non-hydrogen) atoms. The van der Waals surface area contributed by atoms with Crippen LogP contribution in [0.25, 0.3) is 132 Å². The minimum atomic E-state index is 1.09. The van der Waals surface area contributed by atoms with Gasteiger partial charge in [0.15, 0.2) is 0 Å². The van der Waals surface area contributed by atoms with Crippen molar-refractivity contribution in [3.63, 3.8) is 0 Å². The van der Waals surface area contributed by atoms with Gasteiger partial charge in [-0.3, -0.25) is 0 Å². The summed E-state index contributed by atoms with van der Waals surface area (Å²) >= 11 is 0. The van der Waals surface area contributed by atoms with E-state index in [4.69, 9.17) is 0 Å². The number of hydrogen-bond donors (Lipinski definition) is 0. The molecule has 0 nitrogen and oxygen atoms in total. The van der Waals surface area contributed by atoms with Crippen LogP contribution in [0.3, 0.4) is 0 Å². The quantitative estimate of drug-likeness (QED) is 0.112. The Morgan fingerprint density at radius 3 is 1.44 bits per heavy atom. The minimum absolute atomic E-state index is 1.09. The van der Waals surface area contributed by atoms with Gasteiger partial charge in [0.25, 0.3) is 0 Å². The average molecular weight is 785 g/mol. The Balaban J connectivity index is 1.16. The van der Waals surface area contributed by atoms with Gasteiger partial charge in [0.1, 0.15) is 0 Å². The van der Waals surface area contributed by atoms with E-state index in [1.165, 1.54) is 98.0 Å². The first kappa shape index (κ1) is 35.8. The first-order chi connectivity index (χ1) is 30.7. The molecule has 0 aliphatic carbocycles. The fraction of sp³-hybridized carbons (Fsp3) is 0. The van der Waals surface area contributed by atoms with Gasteiger partial charge in [-0.25, -0.2) is 0 Å². The first-order valence-electron chi connectivity index (χ1n) is 21.4. The largest absolute Gasteiger partial charge is 0.0984 e. The Kier molecular flexibility index (Phi) is 8.27. The molecule has 0 unspecified atom stereocenters. The van der Waals surface area contributed by atoms with Crippen molar-refractivity contribution in [2.45, 2.75) is 0 Å². The lowest BCUT2D eigenvalue weighted by molar-refractivity contribution is 1.57. The Hall–Kier alpha value is -8.06. The third kappa shape index (κ3) is 5.54. The molecule has 0 heteroatoms. The Morgan fingerprint density at radius 1 is 0.258 bits per heavy atom. The van der Waals surface area contributed by atoms with Crippen LogP contribution in [0.5, 0.6) is 0 Å². The van der Waals surface area contributed by atoms with Crippen LogP contribution in [0.1, 0.15) is 11.1 Å². The van der Waals surface area contributed by atoms with E-state index in [1.807, 2.05) is 12.2 Å². The maximum absolute atomic E-state index is 4.29. The third-order valence-corrected chi connectivity index (χ3v) is 13.1. The van der Waals surface area contributed by atoms with Crippen LogP contribution >= 0.6 is 0 Å². The molecular formula is C62H40.